The quantitative estimate of drug-likeness (QED) is 0.578. The summed E-state index contributed by atoms with van der Waals surface area (Å²) >= 11 is 0. The van der Waals surface area contributed by atoms with Crippen LogP contribution in [-0.2, 0) is 6.42 Å². The van der Waals surface area contributed by atoms with Crippen LogP contribution in [0.1, 0.15) is 18.1 Å². The lowest BCUT2D eigenvalue weighted by atomic mass is 9.91. The molecule has 0 bridgehead atoms. The minimum Gasteiger partial charge on any atom is -0.399 e. The highest BCUT2D eigenvalue weighted by Crippen LogP contribution is 2.24. The van der Waals surface area contributed by atoms with Gasteiger partial charge in [-0.15, -0.1) is 0 Å². The molecule has 62 valence electrons. The summed E-state index contributed by atoms with van der Waals surface area (Å²) in [6, 6.07) is 6.15. The Morgan fingerprint density at radius 1 is 1.42 bits per heavy atom. The molecule has 0 radical (unpaired) electrons. The van der Waals surface area contributed by atoms with Crippen molar-refractivity contribution in [3.63, 3.8) is 0 Å². The van der Waals surface area contributed by atoms with Gasteiger partial charge >= 0.3 is 0 Å². The predicted octanol–water partition coefficient (Wildman–Crippen LogP) is 2.47. The molecule has 1 aliphatic carbocycles. The smallest absolute Gasteiger partial charge is 0.0320 e. The normalized spacial score (nSPS) is 20.6. The summed E-state index contributed by atoms with van der Waals surface area (Å²) < 4.78 is 0. The summed E-state index contributed by atoms with van der Waals surface area (Å²) in [5, 5.41) is 0. The van der Waals surface area contributed by atoms with Gasteiger partial charge in [0.25, 0.3) is 0 Å². The van der Waals surface area contributed by atoms with E-state index in [0.29, 0.717) is 5.92 Å². The Hall–Kier alpha value is -1.24. The van der Waals surface area contributed by atoms with Crippen molar-refractivity contribution in [3.05, 3.63) is 35.4 Å². The summed E-state index contributed by atoms with van der Waals surface area (Å²) in [6.07, 6.45) is 5.55. The van der Waals surface area contributed by atoms with Crippen LogP contribution in [0.4, 0.5) is 5.69 Å². The van der Waals surface area contributed by atoms with Crippen LogP contribution in [0.5, 0.6) is 0 Å². The third kappa shape index (κ3) is 1.22. The van der Waals surface area contributed by atoms with Crippen LogP contribution in [0.2, 0.25) is 0 Å². The molecule has 2 N–H and O–H groups in total. The van der Waals surface area contributed by atoms with Gasteiger partial charge in [-0.2, -0.15) is 0 Å². The van der Waals surface area contributed by atoms with E-state index >= 15 is 0 Å². The van der Waals surface area contributed by atoms with Crippen molar-refractivity contribution in [2.24, 2.45) is 5.92 Å². The molecule has 1 aliphatic rings. The molecule has 0 saturated heterocycles. The first-order valence-electron chi connectivity index (χ1n) is 4.32. The number of rotatable bonds is 0. The third-order valence-electron chi connectivity index (χ3n) is 2.32. The van der Waals surface area contributed by atoms with E-state index in [-0.39, 0.29) is 0 Å². The standard InChI is InChI=1S/C11H13N/c1-8-2-3-10-7-11(12)5-4-9(10)6-8/h2-5,7-8H,6,12H2,1H3/t8-/m1/s1. The lowest BCUT2D eigenvalue weighted by Crippen LogP contribution is -2.03. The van der Waals surface area contributed by atoms with Crippen LogP contribution < -0.4 is 5.73 Å². The Kier molecular flexibility index (Phi) is 1.65. The minimum atomic E-state index is 0.668. The summed E-state index contributed by atoms with van der Waals surface area (Å²) in [6.45, 7) is 2.23. The van der Waals surface area contributed by atoms with E-state index in [1.807, 2.05) is 12.1 Å². The maximum atomic E-state index is 5.68. The van der Waals surface area contributed by atoms with Gasteiger partial charge in [-0.25, -0.2) is 0 Å². The molecular formula is C11H13N. The van der Waals surface area contributed by atoms with Gasteiger partial charge in [0, 0.05) is 5.69 Å². The number of fused-ring (bicyclic) bond motifs is 1. The number of allylic oxidation sites excluding steroid dienone is 1. The second-order valence-corrected chi connectivity index (χ2v) is 3.50. The summed E-state index contributed by atoms with van der Waals surface area (Å²) in [5.74, 6) is 0.668. The summed E-state index contributed by atoms with van der Waals surface area (Å²) in [7, 11) is 0. The molecule has 1 heteroatoms. The first-order valence-corrected chi connectivity index (χ1v) is 4.32. The van der Waals surface area contributed by atoms with E-state index in [9.17, 15) is 0 Å². The molecule has 0 saturated carbocycles. The molecule has 1 aromatic rings. The van der Waals surface area contributed by atoms with Gasteiger partial charge in [0.15, 0.2) is 0 Å². The molecule has 2 rings (SSSR count). The number of nitrogens with two attached hydrogens (primary N) is 1. The highest BCUT2D eigenvalue weighted by molar-refractivity contribution is 5.61. The maximum Gasteiger partial charge on any atom is 0.0320 e. The average Bonchev–Trinajstić information content (AvgIpc) is 2.05. The Morgan fingerprint density at radius 3 is 3.08 bits per heavy atom. The van der Waals surface area contributed by atoms with Gasteiger partial charge in [0.1, 0.15) is 0 Å². The van der Waals surface area contributed by atoms with Crippen molar-refractivity contribution < 1.29 is 0 Å². The molecule has 0 spiro atoms. The average molecular weight is 159 g/mol. The second-order valence-electron chi connectivity index (χ2n) is 3.50. The number of nitrogen functional groups attached to an aromatic ring is 1. The van der Waals surface area contributed by atoms with Gasteiger partial charge in [-0.05, 0) is 35.6 Å². The molecule has 0 unspecified atom stereocenters. The molecule has 1 atom stereocenters. The van der Waals surface area contributed by atoms with Crippen molar-refractivity contribution in [3.8, 4) is 0 Å². The zero-order valence-electron chi connectivity index (χ0n) is 7.25. The van der Waals surface area contributed by atoms with Crippen LogP contribution >= 0.6 is 0 Å². The van der Waals surface area contributed by atoms with E-state index in [1.165, 1.54) is 11.1 Å². The Balaban J connectivity index is 2.47. The lowest BCUT2D eigenvalue weighted by molar-refractivity contribution is 0.717. The zero-order valence-corrected chi connectivity index (χ0v) is 7.25. The minimum absolute atomic E-state index is 0.668. The predicted molar refractivity (Wildman–Crippen MR) is 52.8 cm³/mol. The largest absolute Gasteiger partial charge is 0.399 e. The van der Waals surface area contributed by atoms with E-state index in [4.69, 9.17) is 5.73 Å². The topological polar surface area (TPSA) is 26.0 Å². The molecule has 0 aliphatic heterocycles. The van der Waals surface area contributed by atoms with E-state index in [1.54, 1.807) is 0 Å². The van der Waals surface area contributed by atoms with Crippen LogP contribution in [-0.4, -0.2) is 0 Å². The van der Waals surface area contributed by atoms with Crippen LogP contribution in [0.25, 0.3) is 6.08 Å². The SMILES string of the molecule is C[C@@H]1C=Cc2cc(N)ccc2C1. The number of hydrogen-bond donors (Lipinski definition) is 1. The fraction of sp³-hybridized carbons (Fsp3) is 0.273. The van der Waals surface area contributed by atoms with Gasteiger partial charge in [0.05, 0.1) is 0 Å². The molecule has 0 fully saturated rings. The Morgan fingerprint density at radius 2 is 2.25 bits per heavy atom. The molecule has 0 amide bonds. The van der Waals surface area contributed by atoms with Gasteiger partial charge in [-0.3, -0.25) is 0 Å². The summed E-state index contributed by atoms with van der Waals surface area (Å²) in [5.41, 5.74) is 9.24. The van der Waals surface area contributed by atoms with E-state index in [2.05, 4.69) is 25.1 Å². The van der Waals surface area contributed by atoms with Gasteiger partial charge in [-0.1, -0.05) is 25.1 Å². The Labute approximate surface area is 72.9 Å². The Bertz CT molecular complexity index is 326. The van der Waals surface area contributed by atoms with Crippen molar-refractivity contribution in [2.45, 2.75) is 13.3 Å². The number of anilines is 1. The first kappa shape index (κ1) is 7.41. The van der Waals surface area contributed by atoms with Crippen molar-refractivity contribution >= 4 is 11.8 Å². The second kappa shape index (κ2) is 2.67. The molecule has 0 heterocycles. The summed E-state index contributed by atoms with van der Waals surface area (Å²) in [4.78, 5) is 0. The fourth-order valence-electron chi connectivity index (χ4n) is 1.64. The van der Waals surface area contributed by atoms with E-state index < -0.39 is 0 Å². The highest BCUT2D eigenvalue weighted by atomic mass is 14.5. The molecule has 1 nitrogen and oxygen atoms in total. The van der Waals surface area contributed by atoms with Gasteiger partial charge in [0.2, 0.25) is 0 Å². The van der Waals surface area contributed by atoms with Crippen LogP contribution in [0, 0.1) is 5.92 Å². The zero-order chi connectivity index (χ0) is 8.55. The molecule has 12 heavy (non-hydrogen) atoms. The van der Waals surface area contributed by atoms with Crippen molar-refractivity contribution in [1.82, 2.24) is 0 Å². The van der Waals surface area contributed by atoms with E-state index in [0.717, 1.165) is 12.1 Å². The molecule has 1 aromatic carbocycles. The van der Waals surface area contributed by atoms with Gasteiger partial charge < -0.3 is 5.73 Å². The number of benzene rings is 1. The third-order valence-corrected chi connectivity index (χ3v) is 2.32. The molecular weight excluding hydrogens is 146 g/mol. The van der Waals surface area contributed by atoms with Crippen LogP contribution in [0.3, 0.4) is 0 Å². The monoisotopic (exact) mass is 159 g/mol. The number of hydrogen-bond acceptors (Lipinski definition) is 1. The van der Waals surface area contributed by atoms with Crippen LogP contribution in [0.15, 0.2) is 24.3 Å². The molecule has 0 aromatic heterocycles. The van der Waals surface area contributed by atoms with Crippen molar-refractivity contribution in [1.29, 1.82) is 0 Å². The van der Waals surface area contributed by atoms with Crippen molar-refractivity contribution in [2.75, 3.05) is 5.73 Å². The lowest BCUT2D eigenvalue weighted by Gasteiger charge is -2.15. The highest BCUT2D eigenvalue weighted by Gasteiger charge is 2.08. The first-order chi connectivity index (χ1) is 5.75. The maximum absolute atomic E-state index is 5.68. The fourth-order valence-corrected chi connectivity index (χ4v) is 1.64.